The Balaban J connectivity index is 3.14. The molecule has 1 amide bonds. The Morgan fingerprint density at radius 2 is 1.87 bits per heavy atom. The van der Waals surface area contributed by atoms with Crippen molar-refractivity contribution < 1.29 is 4.79 Å². The van der Waals surface area contributed by atoms with Crippen LogP contribution in [0.25, 0.3) is 0 Å². The van der Waals surface area contributed by atoms with E-state index in [-0.39, 0.29) is 5.91 Å². The van der Waals surface area contributed by atoms with Gasteiger partial charge in [0.05, 0.1) is 0 Å². The van der Waals surface area contributed by atoms with Crippen LogP contribution in [0, 0.1) is 0 Å². The Morgan fingerprint density at radius 3 is 2.33 bits per heavy atom. The minimum absolute atomic E-state index is 0.0811. The van der Waals surface area contributed by atoms with Gasteiger partial charge in [-0.3, -0.25) is 4.79 Å². The number of carbonyl (C=O) groups excluding carboxylic acids is 1. The summed E-state index contributed by atoms with van der Waals surface area (Å²) in [6.45, 7) is 0. The van der Waals surface area contributed by atoms with Gasteiger partial charge in [-0.2, -0.15) is 0 Å². The van der Waals surface area contributed by atoms with Crippen molar-refractivity contribution in [3.8, 4) is 0 Å². The highest BCUT2D eigenvalue weighted by molar-refractivity contribution is 6.29. The quantitative estimate of drug-likeness (QED) is 0.719. The fourth-order valence-corrected chi connectivity index (χ4v) is 1.30. The molecule has 0 aliphatic rings. The smallest absolute Gasteiger partial charge is 0.253 e. The van der Waals surface area contributed by atoms with E-state index in [1.807, 2.05) is 14.1 Å². The van der Waals surface area contributed by atoms with Gasteiger partial charge in [0.25, 0.3) is 5.91 Å². The largest absolute Gasteiger partial charge is 0.363 e. The van der Waals surface area contributed by atoms with Crippen molar-refractivity contribution in [1.29, 1.82) is 0 Å². The molecule has 0 saturated heterocycles. The Hall–Kier alpha value is -1.29. The van der Waals surface area contributed by atoms with Crippen LogP contribution < -0.4 is 4.90 Å². The summed E-state index contributed by atoms with van der Waals surface area (Å²) in [7, 11) is 7.10. The summed E-state index contributed by atoms with van der Waals surface area (Å²) in [6.07, 6.45) is 0. The number of amides is 1. The Labute approximate surface area is 94.5 Å². The molecule has 1 rings (SSSR count). The van der Waals surface area contributed by atoms with E-state index < -0.39 is 0 Å². The van der Waals surface area contributed by atoms with Crippen molar-refractivity contribution in [2.24, 2.45) is 0 Å². The summed E-state index contributed by atoms with van der Waals surface area (Å²) in [5, 5.41) is 0.325. The summed E-state index contributed by atoms with van der Waals surface area (Å²) < 4.78 is 0. The van der Waals surface area contributed by atoms with E-state index in [1.54, 1.807) is 31.1 Å². The fraction of sp³-hybridized carbons (Fsp3) is 0.400. The topological polar surface area (TPSA) is 36.4 Å². The molecule has 0 N–H and O–H groups in total. The molecule has 0 aliphatic carbocycles. The molecule has 0 aliphatic heterocycles. The molecular weight excluding hydrogens is 214 g/mol. The Kier molecular flexibility index (Phi) is 3.52. The van der Waals surface area contributed by atoms with E-state index in [2.05, 4.69) is 4.98 Å². The van der Waals surface area contributed by atoms with E-state index in [1.165, 1.54) is 4.90 Å². The lowest BCUT2D eigenvalue weighted by Gasteiger charge is -2.15. The van der Waals surface area contributed by atoms with Crippen LogP contribution >= 0.6 is 11.6 Å². The first-order valence-corrected chi connectivity index (χ1v) is 4.86. The standard InChI is InChI=1S/C10H14ClN3O/c1-13(2)9-6-7(5-8(11)12-9)10(15)14(3)4/h5-6H,1-4H3. The second kappa shape index (κ2) is 4.49. The van der Waals surface area contributed by atoms with E-state index >= 15 is 0 Å². The molecule has 0 bridgehead atoms. The average molecular weight is 228 g/mol. The monoisotopic (exact) mass is 227 g/mol. The molecule has 0 spiro atoms. The molecule has 0 fully saturated rings. The number of rotatable bonds is 2. The lowest BCUT2D eigenvalue weighted by molar-refractivity contribution is 0.0827. The first-order valence-electron chi connectivity index (χ1n) is 4.48. The van der Waals surface area contributed by atoms with Gasteiger partial charge in [-0.25, -0.2) is 4.98 Å². The maximum Gasteiger partial charge on any atom is 0.253 e. The van der Waals surface area contributed by atoms with Gasteiger partial charge in [0.2, 0.25) is 0 Å². The number of carbonyl (C=O) groups is 1. The lowest BCUT2D eigenvalue weighted by atomic mass is 10.2. The molecule has 4 nitrogen and oxygen atoms in total. The maximum absolute atomic E-state index is 11.7. The van der Waals surface area contributed by atoms with Crippen molar-refractivity contribution in [2.45, 2.75) is 0 Å². The van der Waals surface area contributed by atoms with Gasteiger partial charge in [-0.15, -0.1) is 0 Å². The molecule has 15 heavy (non-hydrogen) atoms. The van der Waals surface area contributed by atoms with Gasteiger partial charge in [0.1, 0.15) is 11.0 Å². The molecule has 1 heterocycles. The van der Waals surface area contributed by atoms with E-state index in [0.29, 0.717) is 16.5 Å². The van der Waals surface area contributed by atoms with Crippen LogP contribution in [-0.2, 0) is 0 Å². The average Bonchev–Trinajstić information content (AvgIpc) is 2.15. The molecule has 0 unspecified atom stereocenters. The molecular formula is C10H14ClN3O. The predicted molar refractivity (Wildman–Crippen MR) is 61.6 cm³/mol. The molecule has 0 saturated carbocycles. The highest BCUT2D eigenvalue weighted by Crippen LogP contribution is 2.17. The minimum Gasteiger partial charge on any atom is -0.363 e. The van der Waals surface area contributed by atoms with Crippen molar-refractivity contribution in [3.63, 3.8) is 0 Å². The Bertz CT molecular complexity index is 377. The van der Waals surface area contributed by atoms with Gasteiger partial charge in [0.15, 0.2) is 0 Å². The van der Waals surface area contributed by atoms with Crippen LogP contribution in [0.2, 0.25) is 5.15 Å². The van der Waals surface area contributed by atoms with Gasteiger partial charge in [0, 0.05) is 33.8 Å². The van der Waals surface area contributed by atoms with E-state index in [4.69, 9.17) is 11.6 Å². The zero-order valence-electron chi connectivity index (χ0n) is 9.28. The van der Waals surface area contributed by atoms with Crippen LogP contribution in [0.4, 0.5) is 5.82 Å². The normalized spacial score (nSPS) is 9.93. The van der Waals surface area contributed by atoms with E-state index in [0.717, 1.165) is 0 Å². The summed E-state index contributed by atoms with van der Waals surface area (Å²) in [4.78, 5) is 19.1. The van der Waals surface area contributed by atoms with Crippen LogP contribution in [0.5, 0.6) is 0 Å². The lowest BCUT2D eigenvalue weighted by Crippen LogP contribution is -2.22. The summed E-state index contributed by atoms with van der Waals surface area (Å²) in [6, 6.07) is 3.28. The Morgan fingerprint density at radius 1 is 1.27 bits per heavy atom. The molecule has 1 aromatic rings. The number of anilines is 1. The highest BCUT2D eigenvalue weighted by atomic mass is 35.5. The molecule has 0 radical (unpaired) electrons. The molecule has 82 valence electrons. The van der Waals surface area contributed by atoms with Crippen LogP contribution in [-0.4, -0.2) is 44.0 Å². The maximum atomic E-state index is 11.7. The number of hydrogen-bond donors (Lipinski definition) is 0. The van der Waals surface area contributed by atoms with Gasteiger partial charge in [-0.1, -0.05) is 11.6 Å². The van der Waals surface area contributed by atoms with Crippen molar-refractivity contribution in [2.75, 3.05) is 33.1 Å². The number of pyridine rings is 1. The first-order chi connectivity index (χ1) is 6.91. The fourth-order valence-electron chi connectivity index (χ4n) is 1.09. The number of halogens is 1. The summed E-state index contributed by atoms with van der Waals surface area (Å²) in [5.74, 6) is 0.593. The predicted octanol–water partition coefficient (Wildman–Crippen LogP) is 1.50. The van der Waals surface area contributed by atoms with Crippen LogP contribution in [0.15, 0.2) is 12.1 Å². The molecule has 0 aromatic carbocycles. The number of aromatic nitrogens is 1. The third-order valence-corrected chi connectivity index (χ3v) is 2.09. The van der Waals surface area contributed by atoms with Crippen LogP contribution in [0.3, 0.4) is 0 Å². The number of hydrogen-bond acceptors (Lipinski definition) is 3. The first kappa shape index (κ1) is 11.8. The van der Waals surface area contributed by atoms with Gasteiger partial charge in [-0.05, 0) is 12.1 Å². The van der Waals surface area contributed by atoms with E-state index in [9.17, 15) is 4.79 Å². The molecule has 1 aromatic heterocycles. The number of nitrogens with zero attached hydrogens (tertiary/aromatic N) is 3. The van der Waals surface area contributed by atoms with Crippen molar-refractivity contribution >= 4 is 23.3 Å². The molecule has 5 heteroatoms. The third kappa shape index (κ3) is 2.83. The van der Waals surface area contributed by atoms with Crippen molar-refractivity contribution in [3.05, 3.63) is 22.8 Å². The van der Waals surface area contributed by atoms with Gasteiger partial charge >= 0.3 is 0 Å². The van der Waals surface area contributed by atoms with Crippen molar-refractivity contribution in [1.82, 2.24) is 9.88 Å². The summed E-state index contributed by atoms with van der Waals surface area (Å²) >= 11 is 5.83. The minimum atomic E-state index is -0.0811. The van der Waals surface area contributed by atoms with Gasteiger partial charge < -0.3 is 9.80 Å². The highest BCUT2D eigenvalue weighted by Gasteiger charge is 2.11. The third-order valence-electron chi connectivity index (χ3n) is 1.89. The summed E-state index contributed by atoms with van der Waals surface area (Å²) in [5.41, 5.74) is 0.545. The van der Waals surface area contributed by atoms with Crippen LogP contribution in [0.1, 0.15) is 10.4 Å². The molecule has 0 atom stereocenters. The zero-order valence-corrected chi connectivity index (χ0v) is 10.0. The second-order valence-corrected chi connectivity index (χ2v) is 4.02. The second-order valence-electron chi connectivity index (χ2n) is 3.63. The zero-order chi connectivity index (χ0) is 11.6. The SMILES string of the molecule is CN(C)C(=O)c1cc(Cl)nc(N(C)C)c1.